The van der Waals surface area contributed by atoms with Crippen LogP contribution in [0, 0.1) is 12.8 Å². The highest BCUT2D eigenvalue weighted by Crippen LogP contribution is 2.48. The van der Waals surface area contributed by atoms with Crippen molar-refractivity contribution in [1.29, 1.82) is 0 Å². The molecule has 3 unspecified atom stereocenters. The molecule has 0 spiro atoms. The summed E-state index contributed by atoms with van der Waals surface area (Å²) in [5.41, 5.74) is 1.17. The van der Waals surface area contributed by atoms with Gasteiger partial charge in [-0.05, 0) is 36.8 Å². The fourth-order valence-corrected chi connectivity index (χ4v) is 3.53. The average Bonchev–Trinajstić information content (AvgIpc) is 3.29. The summed E-state index contributed by atoms with van der Waals surface area (Å²) in [5, 5.41) is 4.02. The lowest BCUT2D eigenvalue weighted by Gasteiger charge is -2.31. The molecule has 4 rings (SSSR count). The number of likely N-dealkylation sites (tertiary alicyclic amines) is 1. The van der Waals surface area contributed by atoms with Crippen molar-refractivity contribution in [3.05, 3.63) is 41.8 Å². The molecule has 0 aromatic carbocycles. The number of hydrogen-bond donors (Lipinski definition) is 0. The second-order valence-corrected chi connectivity index (χ2v) is 6.53. The SMILES string of the molecule is Cc1nc(C2CCCN(C(=O)C3CC3c3cccnc3)C2)no1. The maximum Gasteiger partial charge on any atom is 0.226 e. The molecule has 2 aliphatic rings. The molecular weight excluding hydrogens is 292 g/mol. The highest BCUT2D eigenvalue weighted by molar-refractivity contribution is 5.83. The number of carbonyl (C=O) groups excluding carboxylic acids is 1. The van der Waals surface area contributed by atoms with Gasteiger partial charge in [-0.15, -0.1) is 0 Å². The summed E-state index contributed by atoms with van der Waals surface area (Å²) in [6.07, 6.45) is 6.59. The van der Waals surface area contributed by atoms with Crippen molar-refractivity contribution in [3.8, 4) is 0 Å². The Morgan fingerprint density at radius 2 is 2.35 bits per heavy atom. The Hall–Kier alpha value is -2.24. The van der Waals surface area contributed by atoms with E-state index in [1.807, 2.05) is 17.2 Å². The monoisotopic (exact) mass is 312 g/mol. The zero-order valence-corrected chi connectivity index (χ0v) is 13.2. The van der Waals surface area contributed by atoms with E-state index in [0.29, 0.717) is 18.4 Å². The van der Waals surface area contributed by atoms with Gasteiger partial charge in [0.05, 0.1) is 0 Å². The Morgan fingerprint density at radius 3 is 3.09 bits per heavy atom. The molecule has 1 saturated heterocycles. The fraction of sp³-hybridized carbons (Fsp3) is 0.529. The van der Waals surface area contributed by atoms with Crippen molar-refractivity contribution in [2.45, 2.75) is 38.0 Å². The first-order chi connectivity index (χ1) is 11.2. The Balaban J connectivity index is 1.41. The second-order valence-electron chi connectivity index (χ2n) is 6.53. The van der Waals surface area contributed by atoms with Crippen LogP contribution >= 0.6 is 0 Å². The predicted octanol–water partition coefficient (Wildman–Crippen LogP) is 2.28. The lowest BCUT2D eigenvalue weighted by molar-refractivity contribution is -0.133. The topological polar surface area (TPSA) is 72.1 Å². The third-order valence-corrected chi connectivity index (χ3v) is 4.86. The van der Waals surface area contributed by atoms with Crippen molar-refractivity contribution < 1.29 is 9.32 Å². The molecule has 6 nitrogen and oxygen atoms in total. The normalized spacial score (nSPS) is 27.0. The zero-order chi connectivity index (χ0) is 15.8. The van der Waals surface area contributed by atoms with Gasteiger partial charge in [-0.3, -0.25) is 9.78 Å². The summed E-state index contributed by atoms with van der Waals surface area (Å²) >= 11 is 0. The Kier molecular flexibility index (Phi) is 3.59. The van der Waals surface area contributed by atoms with E-state index >= 15 is 0 Å². The fourth-order valence-electron chi connectivity index (χ4n) is 3.53. The summed E-state index contributed by atoms with van der Waals surface area (Å²) in [6, 6.07) is 4.00. The minimum absolute atomic E-state index is 0.116. The quantitative estimate of drug-likeness (QED) is 0.869. The van der Waals surface area contributed by atoms with Gasteiger partial charge < -0.3 is 9.42 Å². The van der Waals surface area contributed by atoms with Crippen molar-refractivity contribution in [2.75, 3.05) is 13.1 Å². The Morgan fingerprint density at radius 1 is 1.43 bits per heavy atom. The molecule has 1 saturated carbocycles. The number of rotatable bonds is 3. The maximum atomic E-state index is 12.8. The molecule has 2 aromatic rings. The van der Waals surface area contributed by atoms with Gasteiger partial charge in [-0.2, -0.15) is 4.98 Å². The van der Waals surface area contributed by atoms with Gasteiger partial charge in [-0.1, -0.05) is 11.2 Å². The third kappa shape index (κ3) is 2.85. The molecule has 120 valence electrons. The first-order valence-electron chi connectivity index (χ1n) is 8.21. The second kappa shape index (κ2) is 5.76. The lowest BCUT2D eigenvalue weighted by atomic mass is 9.97. The standard InChI is InChI=1S/C17H20N4O2/c1-11-19-16(20-23-11)13-5-3-7-21(10-13)17(22)15-8-14(15)12-4-2-6-18-9-12/h2,4,6,9,13-15H,3,5,7-8,10H2,1H3. The summed E-state index contributed by atoms with van der Waals surface area (Å²) < 4.78 is 5.08. The van der Waals surface area contributed by atoms with Crippen LogP contribution in [-0.2, 0) is 4.79 Å². The van der Waals surface area contributed by atoms with E-state index in [0.717, 1.165) is 31.6 Å². The first-order valence-corrected chi connectivity index (χ1v) is 8.21. The van der Waals surface area contributed by atoms with Crippen LogP contribution in [0.4, 0.5) is 0 Å². The predicted molar refractivity (Wildman–Crippen MR) is 82.7 cm³/mol. The van der Waals surface area contributed by atoms with E-state index in [-0.39, 0.29) is 17.7 Å². The molecule has 6 heteroatoms. The summed E-state index contributed by atoms with van der Waals surface area (Å²) in [7, 11) is 0. The van der Waals surface area contributed by atoms with E-state index in [4.69, 9.17) is 4.52 Å². The average molecular weight is 312 g/mol. The van der Waals surface area contributed by atoms with Gasteiger partial charge in [-0.25, -0.2) is 0 Å². The van der Waals surface area contributed by atoms with Gasteiger partial charge in [0.1, 0.15) is 0 Å². The van der Waals surface area contributed by atoms with E-state index < -0.39 is 0 Å². The molecule has 0 bridgehead atoms. The number of hydrogen-bond acceptors (Lipinski definition) is 5. The molecule has 0 radical (unpaired) electrons. The number of nitrogens with zero attached hydrogens (tertiary/aromatic N) is 4. The molecule has 0 N–H and O–H groups in total. The van der Waals surface area contributed by atoms with Crippen molar-refractivity contribution in [2.24, 2.45) is 5.92 Å². The van der Waals surface area contributed by atoms with Crippen LogP contribution in [0.15, 0.2) is 29.0 Å². The van der Waals surface area contributed by atoms with Gasteiger partial charge in [0.25, 0.3) is 0 Å². The van der Waals surface area contributed by atoms with Crippen molar-refractivity contribution in [3.63, 3.8) is 0 Å². The Labute approximate surface area is 134 Å². The zero-order valence-electron chi connectivity index (χ0n) is 13.2. The van der Waals surface area contributed by atoms with E-state index in [1.165, 1.54) is 5.56 Å². The van der Waals surface area contributed by atoms with Gasteiger partial charge in [0.2, 0.25) is 11.8 Å². The van der Waals surface area contributed by atoms with E-state index in [1.54, 1.807) is 13.1 Å². The summed E-state index contributed by atoms with van der Waals surface area (Å²) in [4.78, 5) is 23.2. The molecule has 2 aromatic heterocycles. The van der Waals surface area contributed by atoms with Crippen molar-refractivity contribution in [1.82, 2.24) is 20.0 Å². The van der Waals surface area contributed by atoms with Gasteiger partial charge >= 0.3 is 0 Å². The van der Waals surface area contributed by atoms with Crippen LogP contribution in [0.1, 0.15) is 48.4 Å². The van der Waals surface area contributed by atoms with Crippen molar-refractivity contribution >= 4 is 5.91 Å². The lowest BCUT2D eigenvalue weighted by Crippen LogP contribution is -2.40. The van der Waals surface area contributed by atoms with Crippen LogP contribution in [0.25, 0.3) is 0 Å². The van der Waals surface area contributed by atoms with Gasteiger partial charge in [0, 0.05) is 44.2 Å². The summed E-state index contributed by atoms with van der Waals surface area (Å²) in [6.45, 7) is 3.33. The third-order valence-electron chi connectivity index (χ3n) is 4.86. The molecule has 1 aliphatic heterocycles. The first kappa shape index (κ1) is 14.4. The highest BCUT2D eigenvalue weighted by atomic mass is 16.5. The number of piperidine rings is 1. The molecule has 3 heterocycles. The van der Waals surface area contributed by atoms with Crippen LogP contribution < -0.4 is 0 Å². The van der Waals surface area contributed by atoms with Gasteiger partial charge in [0.15, 0.2) is 5.82 Å². The molecule has 3 atom stereocenters. The number of amides is 1. The number of carbonyl (C=O) groups is 1. The number of pyridine rings is 1. The molecular formula is C17H20N4O2. The highest BCUT2D eigenvalue weighted by Gasteiger charge is 2.46. The van der Waals surface area contributed by atoms with E-state index in [2.05, 4.69) is 21.2 Å². The van der Waals surface area contributed by atoms with E-state index in [9.17, 15) is 4.79 Å². The Bertz CT molecular complexity index is 700. The molecule has 1 amide bonds. The summed E-state index contributed by atoms with van der Waals surface area (Å²) in [5.74, 6) is 2.24. The van der Waals surface area contributed by atoms with Crippen LogP contribution in [0.5, 0.6) is 0 Å². The molecule has 1 aliphatic carbocycles. The largest absolute Gasteiger partial charge is 0.342 e. The number of aromatic nitrogens is 3. The minimum Gasteiger partial charge on any atom is -0.342 e. The maximum absolute atomic E-state index is 12.8. The smallest absolute Gasteiger partial charge is 0.226 e. The minimum atomic E-state index is 0.116. The van der Waals surface area contributed by atoms with Crippen LogP contribution in [0.3, 0.4) is 0 Å². The molecule has 2 fully saturated rings. The molecule has 23 heavy (non-hydrogen) atoms. The van der Waals surface area contributed by atoms with Crippen LogP contribution in [-0.4, -0.2) is 39.0 Å². The number of aryl methyl sites for hydroxylation is 1. The van der Waals surface area contributed by atoms with Crippen LogP contribution in [0.2, 0.25) is 0 Å².